The summed E-state index contributed by atoms with van der Waals surface area (Å²) in [5.74, 6) is -0.833. The summed E-state index contributed by atoms with van der Waals surface area (Å²) in [6.07, 6.45) is 1.56. The first-order valence-corrected chi connectivity index (χ1v) is 9.14. The molecule has 1 aliphatic heterocycles. The van der Waals surface area contributed by atoms with Gasteiger partial charge in [-0.25, -0.2) is 13.8 Å². The maximum atomic E-state index is 14.1. The molecule has 0 unspecified atom stereocenters. The van der Waals surface area contributed by atoms with E-state index in [4.69, 9.17) is 4.52 Å². The van der Waals surface area contributed by atoms with Crippen LogP contribution in [0, 0.1) is 11.6 Å². The van der Waals surface area contributed by atoms with Gasteiger partial charge in [0.2, 0.25) is 0 Å². The largest absolute Gasteiger partial charge is 0.508 e. The smallest absolute Gasteiger partial charge is 0.169 e. The molecular weight excluding hydrogens is 392 g/mol. The van der Waals surface area contributed by atoms with E-state index in [-0.39, 0.29) is 17.1 Å². The molecule has 0 amide bonds. The van der Waals surface area contributed by atoms with E-state index >= 15 is 0 Å². The zero-order valence-corrected chi connectivity index (χ0v) is 15.5. The fourth-order valence-electron chi connectivity index (χ4n) is 3.26. The lowest BCUT2D eigenvalue weighted by molar-refractivity contribution is 0.229. The number of halogens is 2. The number of nitrogens with one attached hydrogen (secondary N) is 1. The quantitative estimate of drug-likeness (QED) is 0.532. The summed E-state index contributed by atoms with van der Waals surface area (Å²) in [5, 5.41) is 19.5. The molecule has 1 aliphatic rings. The Morgan fingerprint density at radius 1 is 1.13 bits per heavy atom. The summed E-state index contributed by atoms with van der Waals surface area (Å²) in [7, 11) is 0. The number of benzene rings is 2. The van der Waals surface area contributed by atoms with Crippen LogP contribution in [0.15, 0.2) is 58.2 Å². The van der Waals surface area contributed by atoms with Crippen molar-refractivity contribution in [1.82, 2.24) is 20.1 Å². The Morgan fingerprint density at radius 3 is 2.80 bits per heavy atom. The van der Waals surface area contributed by atoms with E-state index in [1.807, 2.05) is 0 Å². The van der Waals surface area contributed by atoms with Gasteiger partial charge in [0.25, 0.3) is 0 Å². The lowest BCUT2D eigenvalue weighted by Crippen LogP contribution is -2.21. The zero-order valence-electron chi connectivity index (χ0n) is 15.5. The Hall–Kier alpha value is -4.01. The molecule has 0 saturated carbocycles. The molecule has 0 radical (unpaired) electrons. The molecule has 0 fully saturated rings. The average Bonchev–Trinajstić information content (AvgIpc) is 3.37. The van der Waals surface area contributed by atoms with Gasteiger partial charge in [0.1, 0.15) is 23.0 Å². The van der Waals surface area contributed by atoms with Crippen LogP contribution in [0.1, 0.15) is 17.1 Å². The summed E-state index contributed by atoms with van der Waals surface area (Å²) >= 11 is 0. The van der Waals surface area contributed by atoms with Crippen molar-refractivity contribution in [3.8, 4) is 28.4 Å². The van der Waals surface area contributed by atoms with Crippen molar-refractivity contribution in [2.75, 3.05) is 0 Å². The van der Waals surface area contributed by atoms with Crippen molar-refractivity contribution < 1.29 is 18.4 Å². The molecule has 30 heavy (non-hydrogen) atoms. The minimum absolute atomic E-state index is 0.0677. The molecule has 0 saturated heterocycles. The molecule has 3 heterocycles. The van der Waals surface area contributed by atoms with Crippen LogP contribution in [0.4, 0.5) is 8.78 Å². The third-order valence-electron chi connectivity index (χ3n) is 4.76. The standard InChI is InChI=1S/C21H15F2N5O2/c22-16-3-1-2-15(20(16)23)21-25-18-9-24-28(11-19(18)26-21)10-14-8-17(27-30-14)12-4-6-13(29)7-5-12/h1-9,29H,10-11H2,(H,25,26). The molecule has 9 heteroatoms. The number of fused-ring (bicyclic) bond motifs is 1. The van der Waals surface area contributed by atoms with Crippen molar-refractivity contribution >= 4 is 6.21 Å². The number of phenols is 1. The van der Waals surface area contributed by atoms with Crippen molar-refractivity contribution in [2.45, 2.75) is 13.1 Å². The summed E-state index contributed by atoms with van der Waals surface area (Å²) in [5.41, 5.74) is 2.85. The Morgan fingerprint density at radius 2 is 1.97 bits per heavy atom. The van der Waals surface area contributed by atoms with Crippen molar-refractivity contribution in [2.24, 2.45) is 5.10 Å². The van der Waals surface area contributed by atoms with Crippen LogP contribution < -0.4 is 0 Å². The van der Waals surface area contributed by atoms with Gasteiger partial charge in [-0.05, 0) is 36.4 Å². The lowest BCUT2D eigenvalue weighted by Gasteiger charge is -2.19. The number of H-pyrrole nitrogens is 1. The summed E-state index contributed by atoms with van der Waals surface area (Å²) in [6, 6.07) is 12.4. The van der Waals surface area contributed by atoms with Crippen LogP contribution in [0.5, 0.6) is 5.75 Å². The Kier molecular flexibility index (Phi) is 4.27. The highest BCUT2D eigenvalue weighted by Crippen LogP contribution is 2.26. The number of hydrogen-bond donors (Lipinski definition) is 2. The predicted molar refractivity (Wildman–Crippen MR) is 104 cm³/mol. The molecular formula is C21H15F2N5O2. The number of aromatic hydroxyl groups is 1. The number of hydrogen-bond acceptors (Lipinski definition) is 6. The molecule has 7 nitrogen and oxygen atoms in total. The second-order valence-corrected chi connectivity index (χ2v) is 6.84. The highest BCUT2D eigenvalue weighted by Gasteiger charge is 2.21. The maximum absolute atomic E-state index is 14.1. The van der Waals surface area contributed by atoms with Gasteiger partial charge < -0.3 is 14.6 Å². The van der Waals surface area contributed by atoms with Gasteiger partial charge in [-0.1, -0.05) is 11.2 Å². The first-order chi connectivity index (χ1) is 14.6. The molecule has 2 N–H and O–H groups in total. The van der Waals surface area contributed by atoms with Gasteiger partial charge in [0, 0.05) is 11.6 Å². The van der Waals surface area contributed by atoms with Crippen LogP contribution in [0.25, 0.3) is 22.6 Å². The monoisotopic (exact) mass is 407 g/mol. The van der Waals surface area contributed by atoms with Gasteiger partial charge in [-0.3, -0.25) is 5.01 Å². The summed E-state index contributed by atoms with van der Waals surface area (Å²) in [6.45, 7) is 0.759. The maximum Gasteiger partial charge on any atom is 0.169 e. The first-order valence-electron chi connectivity index (χ1n) is 9.14. The number of hydrazone groups is 1. The van der Waals surface area contributed by atoms with Crippen molar-refractivity contribution in [3.63, 3.8) is 0 Å². The van der Waals surface area contributed by atoms with Crippen molar-refractivity contribution in [3.05, 3.63) is 77.3 Å². The van der Waals surface area contributed by atoms with Gasteiger partial charge in [0.05, 0.1) is 30.6 Å². The number of phenolic OH excluding ortho intramolecular Hbond substituents is 1. The van der Waals surface area contributed by atoms with E-state index in [0.717, 1.165) is 17.3 Å². The SMILES string of the molecule is Oc1ccc(-c2cc(CN3Cc4[nH]c(-c5cccc(F)c5F)nc4C=N3)on2)cc1. The van der Waals surface area contributed by atoms with Crippen LogP contribution in [0.2, 0.25) is 0 Å². The number of aromatic nitrogens is 3. The topological polar surface area (TPSA) is 90.5 Å². The van der Waals surface area contributed by atoms with Gasteiger partial charge in [-0.2, -0.15) is 5.10 Å². The summed E-state index contributed by atoms with van der Waals surface area (Å²) < 4.78 is 33.0. The Balaban J connectivity index is 1.33. The molecule has 4 aromatic rings. The molecule has 0 spiro atoms. The van der Waals surface area contributed by atoms with E-state index in [0.29, 0.717) is 30.2 Å². The molecule has 2 aromatic heterocycles. The van der Waals surface area contributed by atoms with E-state index in [1.54, 1.807) is 41.6 Å². The van der Waals surface area contributed by atoms with Crippen LogP contribution in [0.3, 0.4) is 0 Å². The minimum atomic E-state index is -0.944. The second kappa shape index (κ2) is 7.11. The van der Waals surface area contributed by atoms with E-state index in [9.17, 15) is 13.9 Å². The van der Waals surface area contributed by atoms with E-state index < -0.39 is 11.6 Å². The van der Waals surface area contributed by atoms with Crippen molar-refractivity contribution in [1.29, 1.82) is 0 Å². The Labute approximate surface area is 169 Å². The van der Waals surface area contributed by atoms with Gasteiger partial charge >= 0.3 is 0 Å². The predicted octanol–water partition coefficient (Wildman–Crippen LogP) is 4.07. The highest BCUT2D eigenvalue weighted by atomic mass is 19.2. The van der Waals surface area contributed by atoms with E-state index in [1.165, 1.54) is 12.1 Å². The minimum Gasteiger partial charge on any atom is -0.508 e. The zero-order chi connectivity index (χ0) is 20.7. The molecule has 5 rings (SSSR count). The average molecular weight is 407 g/mol. The fourth-order valence-corrected chi connectivity index (χ4v) is 3.26. The first kappa shape index (κ1) is 18.0. The summed E-state index contributed by atoms with van der Waals surface area (Å²) in [4.78, 5) is 7.37. The molecule has 2 aromatic carbocycles. The van der Waals surface area contributed by atoms with Crippen LogP contribution in [-0.4, -0.2) is 31.5 Å². The molecule has 150 valence electrons. The normalized spacial score (nSPS) is 12.9. The van der Waals surface area contributed by atoms with E-state index in [2.05, 4.69) is 20.2 Å². The van der Waals surface area contributed by atoms with Crippen LogP contribution >= 0.6 is 0 Å². The molecule has 0 bridgehead atoms. The number of imidazole rings is 1. The molecule has 0 aliphatic carbocycles. The van der Waals surface area contributed by atoms with Gasteiger partial charge in [0.15, 0.2) is 17.4 Å². The fraction of sp³-hybridized carbons (Fsp3) is 0.0952. The number of aromatic amines is 1. The van der Waals surface area contributed by atoms with Gasteiger partial charge in [-0.15, -0.1) is 0 Å². The number of rotatable bonds is 4. The third-order valence-corrected chi connectivity index (χ3v) is 4.76. The lowest BCUT2D eigenvalue weighted by atomic mass is 10.1. The number of nitrogens with zero attached hydrogens (tertiary/aromatic N) is 4. The second-order valence-electron chi connectivity index (χ2n) is 6.84. The third kappa shape index (κ3) is 3.30. The Bertz CT molecular complexity index is 1250. The van der Waals surface area contributed by atoms with Crippen LogP contribution in [-0.2, 0) is 13.1 Å². The molecule has 0 atom stereocenters. The highest BCUT2D eigenvalue weighted by molar-refractivity contribution is 5.80.